The normalized spacial score (nSPS) is 21.9. The van der Waals surface area contributed by atoms with Crippen LogP contribution in [0.1, 0.15) is 31.2 Å². The van der Waals surface area contributed by atoms with Crippen LogP contribution in [0, 0.1) is 11.8 Å². The number of nitrogens with zero attached hydrogens (tertiary/aromatic N) is 2. The van der Waals surface area contributed by atoms with Crippen molar-refractivity contribution in [3.63, 3.8) is 0 Å². The molecule has 0 saturated carbocycles. The first-order valence-corrected chi connectivity index (χ1v) is 12.7. The Hall–Kier alpha value is -1.70. The van der Waals surface area contributed by atoms with E-state index in [4.69, 9.17) is 0 Å². The molecule has 0 unspecified atom stereocenters. The molecule has 0 aliphatic carbocycles. The Morgan fingerprint density at radius 3 is 2.45 bits per heavy atom. The van der Waals surface area contributed by atoms with Gasteiger partial charge in [-0.2, -0.15) is 4.31 Å². The molecule has 1 atom stereocenters. The molecule has 0 spiro atoms. The molecule has 1 aromatic heterocycles. The summed E-state index contributed by atoms with van der Waals surface area (Å²) in [4.78, 5) is 15.0. The fourth-order valence-electron chi connectivity index (χ4n) is 4.46. The van der Waals surface area contributed by atoms with Crippen molar-refractivity contribution in [2.24, 2.45) is 11.8 Å². The Bertz CT molecular complexity index is 905. The minimum absolute atomic E-state index is 0.134. The van der Waals surface area contributed by atoms with Crippen molar-refractivity contribution in [2.45, 2.75) is 36.3 Å². The van der Waals surface area contributed by atoms with Crippen LogP contribution in [-0.2, 0) is 21.2 Å². The molecule has 0 N–H and O–H groups in total. The smallest absolute Gasteiger partial charge is 0.252 e. The van der Waals surface area contributed by atoms with Crippen LogP contribution in [-0.4, -0.2) is 49.7 Å². The molecule has 3 heterocycles. The predicted molar refractivity (Wildman–Crippen MR) is 115 cm³/mol. The van der Waals surface area contributed by atoms with Gasteiger partial charge in [-0.25, -0.2) is 8.42 Å². The number of thiophene rings is 1. The van der Waals surface area contributed by atoms with Crippen molar-refractivity contribution >= 4 is 27.3 Å². The first-order chi connectivity index (χ1) is 14.0. The average Bonchev–Trinajstić information content (AvgIpc) is 3.31. The highest BCUT2D eigenvalue weighted by molar-refractivity contribution is 7.91. The summed E-state index contributed by atoms with van der Waals surface area (Å²) < 4.78 is 27.5. The first-order valence-electron chi connectivity index (χ1n) is 10.4. The minimum Gasteiger partial charge on any atom is -0.342 e. The largest absolute Gasteiger partial charge is 0.342 e. The number of likely N-dealkylation sites (tertiary alicyclic amines) is 1. The maximum atomic E-state index is 13.1. The number of benzene rings is 1. The van der Waals surface area contributed by atoms with Crippen LogP contribution in [0.4, 0.5) is 0 Å². The van der Waals surface area contributed by atoms with E-state index in [1.165, 1.54) is 21.2 Å². The number of carbonyl (C=O) groups is 1. The summed E-state index contributed by atoms with van der Waals surface area (Å²) in [6.45, 7) is 2.38. The lowest BCUT2D eigenvalue weighted by molar-refractivity contribution is -0.138. The van der Waals surface area contributed by atoms with Crippen LogP contribution in [0.5, 0.6) is 0 Å². The van der Waals surface area contributed by atoms with Gasteiger partial charge in [0.05, 0.1) is 5.92 Å². The molecule has 1 amide bonds. The zero-order chi connectivity index (χ0) is 20.3. The zero-order valence-corrected chi connectivity index (χ0v) is 18.2. The van der Waals surface area contributed by atoms with E-state index in [1.54, 1.807) is 17.5 Å². The Balaban J connectivity index is 1.33. The summed E-state index contributed by atoms with van der Waals surface area (Å²) in [5.74, 6) is 0.530. The van der Waals surface area contributed by atoms with Crippen molar-refractivity contribution < 1.29 is 13.2 Å². The van der Waals surface area contributed by atoms with E-state index in [2.05, 4.69) is 24.3 Å². The number of hydrogen-bond acceptors (Lipinski definition) is 4. The van der Waals surface area contributed by atoms with Gasteiger partial charge in [0.25, 0.3) is 10.0 Å². The van der Waals surface area contributed by atoms with Gasteiger partial charge in [-0.3, -0.25) is 4.79 Å². The summed E-state index contributed by atoms with van der Waals surface area (Å²) in [7, 11) is -3.48. The SMILES string of the molecule is O=C([C@H]1CCCN(S(=O)(=O)c2cccs2)C1)N1CCC(Cc2ccccc2)CC1. The highest BCUT2D eigenvalue weighted by atomic mass is 32.2. The number of amides is 1. The second kappa shape index (κ2) is 8.98. The van der Waals surface area contributed by atoms with Crippen LogP contribution in [0.3, 0.4) is 0 Å². The molecule has 2 fully saturated rings. The Labute approximate surface area is 177 Å². The van der Waals surface area contributed by atoms with Gasteiger partial charge < -0.3 is 4.90 Å². The highest BCUT2D eigenvalue weighted by Gasteiger charge is 2.36. The molecular weight excluding hydrogens is 404 g/mol. The standard InChI is InChI=1S/C22H28N2O3S2/c25-22(23-13-10-19(11-14-23)16-18-6-2-1-3-7-18)20-8-4-12-24(17-20)29(26,27)21-9-5-15-28-21/h1-3,5-7,9,15,19-20H,4,8,10-14,16-17H2/t20-/m0/s1. The molecule has 2 aromatic rings. The van der Waals surface area contributed by atoms with E-state index in [9.17, 15) is 13.2 Å². The summed E-state index contributed by atoms with van der Waals surface area (Å²) in [5.41, 5.74) is 1.36. The monoisotopic (exact) mass is 432 g/mol. The topological polar surface area (TPSA) is 57.7 Å². The second-order valence-corrected chi connectivity index (χ2v) is 11.2. The van der Waals surface area contributed by atoms with E-state index in [0.717, 1.165) is 45.2 Å². The third kappa shape index (κ3) is 4.73. The number of hydrogen-bond donors (Lipinski definition) is 0. The number of carbonyl (C=O) groups excluding carboxylic acids is 1. The van der Waals surface area contributed by atoms with Crippen LogP contribution in [0.25, 0.3) is 0 Å². The molecule has 156 valence electrons. The van der Waals surface area contributed by atoms with Gasteiger partial charge in [-0.05, 0) is 55.0 Å². The summed E-state index contributed by atoms with van der Waals surface area (Å²) >= 11 is 1.24. The quantitative estimate of drug-likeness (QED) is 0.725. The maximum Gasteiger partial charge on any atom is 0.252 e. The van der Waals surface area contributed by atoms with E-state index in [0.29, 0.717) is 23.2 Å². The molecule has 7 heteroatoms. The maximum absolute atomic E-state index is 13.1. The van der Waals surface area contributed by atoms with Crippen LogP contribution < -0.4 is 0 Å². The van der Waals surface area contributed by atoms with Gasteiger partial charge in [0, 0.05) is 26.2 Å². The van der Waals surface area contributed by atoms with Crippen molar-refractivity contribution in [3.8, 4) is 0 Å². The number of sulfonamides is 1. The van der Waals surface area contributed by atoms with Gasteiger partial charge in [0.1, 0.15) is 4.21 Å². The lowest BCUT2D eigenvalue weighted by atomic mass is 9.89. The Morgan fingerprint density at radius 1 is 1.00 bits per heavy atom. The molecular formula is C22H28N2O3S2. The van der Waals surface area contributed by atoms with Crippen molar-refractivity contribution in [3.05, 3.63) is 53.4 Å². The molecule has 29 heavy (non-hydrogen) atoms. The molecule has 2 saturated heterocycles. The second-order valence-electron chi connectivity index (χ2n) is 8.09. The van der Waals surface area contributed by atoms with Crippen molar-refractivity contribution in [2.75, 3.05) is 26.2 Å². The zero-order valence-electron chi connectivity index (χ0n) is 16.6. The number of piperidine rings is 2. The summed E-state index contributed by atoms with van der Waals surface area (Å²) in [5, 5.41) is 1.78. The van der Waals surface area contributed by atoms with Crippen molar-refractivity contribution in [1.29, 1.82) is 0 Å². The fraction of sp³-hybridized carbons (Fsp3) is 0.500. The molecule has 1 aromatic carbocycles. The summed E-state index contributed by atoms with van der Waals surface area (Å²) in [6.07, 6.45) is 4.62. The molecule has 0 radical (unpaired) electrons. The van der Waals surface area contributed by atoms with E-state index in [-0.39, 0.29) is 11.8 Å². The first kappa shape index (κ1) is 20.6. The van der Waals surface area contributed by atoms with Gasteiger partial charge >= 0.3 is 0 Å². The molecule has 4 rings (SSSR count). The summed E-state index contributed by atoms with van der Waals surface area (Å²) in [6, 6.07) is 13.9. The Morgan fingerprint density at radius 2 is 1.76 bits per heavy atom. The molecule has 2 aliphatic rings. The molecule has 0 bridgehead atoms. The van der Waals surface area contributed by atoms with E-state index in [1.807, 2.05) is 11.0 Å². The minimum atomic E-state index is -3.48. The molecule has 5 nitrogen and oxygen atoms in total. The molecule has 2 aliphatic heterocycles. The lowest BCUT2D eigenvalue weighted by Crippen LogP contribution is -2.48. The van der Waals surface area contributed by atoms with Gasteiger partial charge in [0.15, 0.2) is 0 Å². The third-order valence-electron chi connectivity index (χ3n) is 6.12. The van der Waals surface area contributed by atoms with Crippen LogP contribution in [0.15, 0.2) is 52.1 Å². The van der Waals surface area contributed by atoms with Gasteiger partial charge in [-0.1, -0.05) is 36.4 Å². The Kier molecular flexibility index (Phi) is 6.37. The average molecular weight is 433 g/mol. The predicted octanol–water partition coefficient (Wildman–Crippen LogP) is 3.63. The van der Waals surface area contributed by atoms with Crippen LogP contribution >= 0.6 is 11.3 Å². The van der Waals surface area contributed by atoms with E-state index >= 15 is 0 Å². The highest BCUT2D eigenvalue weighted by Crippen LogP contribution is 2.29. The third-order valence-corrected chi connectivity index (χ3v) is 9.35. The fourth-order valence-corrected chi connectivity index (χ4v) is 7.13. The van der Waals surface area contributed by atoms with Crippen molar-refractivity contribution in [1.82, 2.24) is 9.21 Å². The van der Waals surface area contributed by atoms with Crippen LogP contribution in [0.2, 0.25) is 0 Å². The van der Waals surface area contributed by atoms with Gasteiger partial charge in [0.2, 0.25) is 5.91 Å². The van der Waals surface area contributed by atoms with E-state index < -0.39 is 10.0 Å². The van der Waals surface area contributed by atoms with Gasteiger partial charge in [-0.15, -0.1) is 11.3 Å². The lowest BCUT2D eigenvalue weighted by Gasteiger charge is -2.37. The number of rotatable bonds is 5.